The Balaban J connectivity index is 1.65. The van der Waals surface area contributed by atoms with Crippen molar-refractivity contribution in [1.29, 1.82) is 0 Å². The normalized spacial score (nSPS) is 20.0. The van der Waals surface area contributed by atoms with Crippen molar-refractivity contribution in [3.05, 3.63) is 44.8 Å². The minimum Gasteiger partial charge on any atom is -0.385 e. The van der Waals surface area contributed by atoms with Gasteiger partial charge in [-0.3, -0.25) is 28.6 Å². The predicted molar refractivity (Wildman–Crippen MR) is 140 cm³/mol. The molecule has 0 saturated heterocycles. The van der Waals surface area contributed by atoms with Crippen LogP contribution in [-0.4, -0.2) is 51.7 Å². The van der Waals surface area contributed by atoms with Crippen molar-refractivity contribution in [3.63, 3.8) is 0 Å². The number of H-pyrrole nitrogens is 1. The number of hydrogen-bond acceptors (Lipinski definition) is 10. The lowest BCUT2D eigenvalue weighted by Gasteiger charge is -2.19. The zero-order chi connectivity index (χ0) is 28.9. The average Bonchev–Trinajstić information content (AvgIpc) is 3.31. The molecule has 39 heavy (non-hydrogen) atoms. The van der Waals surface area contributed by atoms with Gasteiger partial charge in [-0.15, -0.1) is 0 Å². The molecule has 2 heterocycles. The number of hydrogen-bond donors (Lipinski definition) is 3. The van der Waals surface area contributed by atoms with E-state index in [2.05, 4.69) is 13.8 Å². The summed E-state index contributed by atoms with van der Waals surface area (Å²) >= 11 is 0. The van der Waals surface area contributed by atoms with E-state index in [0.717, 1.165) is 62.5 Å². The van der Waals surface area contributed by atoms with Gasteiger partial charge in [0.2, 0.25) is 0 Å². The maximum atomic E-state index is 12.1. The summed E-state index contributed by atoms with van der Waals surface area (Å²) in [6.45, 7) is 1.70. The molecule has 222 valence electrons. The molecule has 0 saturated carbocycles. The van der Waals surface area contributed by atoms with Crippen LogP contribution in [0.1, 0.15) is 76.0 Å². The minimum absolute atomic E-state index is 0.146. The van der Waals surface area contributed by atoms with Crippen LogP contribution < -0.4 is 11.2 Å². The van der Waals surface area contributed by atoms with Crippen molar-refractivity contribution in [2.75, 3.05) is 20.3 Å². The summed E-state index contributed by atoms with van der Waals surface area (Å²) in [5, 5.41) is 0. The number of carbonyl (C=O) groups is 1. The lowest BCUT2D eigenvalue weighted by molar-refractivity contribution is -0.135. The Morgan fingerprint density at radius 2 is 1.62 bits per heavy atom. The molecule has 1 aliphatic heterocycles. The second kappa shape index (κ2) is 16.4. The molecular weight excluding hydrogens is 558 g/mol. The quantitative estimate of drug-likeness (QED) is 0.119. The van der Waals surface area contributed by atoms with Gasteiger partial charge >= 0.3 is 27.3 Å². The molecule has 16 heteroatoms. The number of aromatic nitrogens is 2. The van der Waals surface area contributed by atoms with E-state index in [1.165, 1.54) is 25.3 Å². The summed E-state index contributed by atoms with van der Waals surface area (Å²) in [5.41, 5.74) is -0.987. The number of unbranched alkanes of at least 4 members (excludes halogenated alkanes) is 8. The molecule has 4 atom stereocenters. The molecule has 0 aliphatic carbocycles. The Morgan fingerprint density at radius 3 is 2.26 bits per heavy atom. The molecule has 0 fully saturated rings. The Morgan fingerprint density at radius 1 is 1.00 bits per heavy atom. The van der Waals surface area contributed by atoms with Gasteiger partial charge < -0.3 is 18.9 Å². The predicted octanol–water partition coefficient (Wildman–Crippen LogP) is 3.62. The fraction of sp³-hybridized carbons (Fsp3) is 0.696. The van der Waals surface area contributed by atoms with Crippen molar-refractivity contribution < 1.29 is 46.5 Å². The molecule has 1 aromatic rings. The molecule has 0 spiro atoms. The number of aryl methyl sites for hydroxylation is 1. The van der Waals surface area contributed by atoms with Crippen LogP contribution in [0.15, 0.2) is 27.9 Å². The highest BCUT2D eigenvalue weighted by molar-refractivity contribution is 7.61. The number of nitrogens with one attached hydrogen (secondary N) is 1. The lowest BCUT2D eigenvalue weighted by Crippen LogP contribution is -2.33. The minimum atomic E-state index is -5.23. The van der Waals surface area contributed by atoms with Crippen LogP contribution in [0.4, 0.5) is 0 Å². The van der Waals surface area contributed by atoms with E-state index in [1.807, 2.05) is 0 Å². The Kier molecular flexibility index (Phi) is 14.0. The third kappa shape index (κ3) is 12.9. The molecule has 2 rings (SSSR count). The van der Waals surface area contributed by atoms with E-state index < -0.39 is 51.8 Å². The van der Waals surface area contributed by atoms with Crippen LogP contribution in [0.2, 0.25) is 0 Å². The summed E-state index contributed by atoms with van der Waals surface area (Å²) in [6.07, 6.45) is 10.9. The first-order valence-corrected chi connectivity index (χ1v) is 15.8. The summed E-state index contributed by atoms with van der Waals surface area (Å²) in [7, 11) is -8.66. The maximum Gasteiger partial charge on any atom is 0.538 e. The molecule has 1 aromatic heterocycles. The monoisotopic (exact) mass is 596 g/mol. The Labute approximate surface area is 226 Å². The molecule has 0 amide bonds. The fourth-order valence-corrected chi connectivity index (χ4v) is 5.83. The van der Waals surface area contributed by atoms with Crippen LogP contribution in [0.25, 0.3) is 0 Å². The van der Waals surface area contributed by atoms with Crippen molar-refractivity contribution >= 4 is 21.6 Å². The first-order chi connectivity index (χ1) is 18.4. The molecule has 2 unspecified atom stereocenters. The largest absolute Gasteiger partial charge is 0.538 e. The van der Waals surface area contributed by atoms with Gasteiger partial charge in [0.25, 0.3) is 5.56 Å². The molecular formula is C23H38N2O12P2. The van der Waals surface area contributed by atoms with Gasteiger partial charge in [-0.05, 0) is 25.8 Å². The van der Waals surface area contributed by atoms with Crippen LogP contribution >= 0.6 is 15.6 Å². The van der Waals surface area contributed by atoms with Crippen molar-refractivity contribution in [2.24, 2.45) is 0 Å². The van der Waals surface area contributed by atoms with E-state index in [9.17, 15) is 33.3 Å². The zero-order valence-corrected chi connectivity index (χ0v) is 24.0. The second-order valence-corrected chi connectivity index (χ2v) is 12.1. The highest BCUT2D eigenvalue weighted by Crippen LogP contribution is 2.60. The van der Waals surface area contributed by atoms with E-state index in [-0.39, 0.29) is 12.0 Å². The van der Waals surface area contributed by atoms with Crippen LogP contribution in [-0.2, 0) is 36.8 Å². The molecule has 0 bridgehead atoms. The molecule has 0 radical (unpaired) electrons. The van der Waals surface area contributed by atoms with Gasteiger partial charge in [-0.2, -0.15) is 4.31 Å². The number of rotatable bonds is 19. The van der Waals surface area contributed by atoms with E-state index >= 15 is 0 Å². The van der Waals surface area contributed by atoms with Crippen LogP contribution in [0.5, 0.6) is 0 Å². The highest BCUT2D eigenvalue weighted by Gasteiger charge is 2.38. The smallest absolute Gasteiger partial charge is 0.385 e. The molecule has 1 aliphatic rings. The third-order valence-corrected chi connectivity index (χ3v) is 8.34. The van der Waals surface area contributed by atoms with E-state index in [1.54, 1.807) is 7.11 Å². The summed E-state index contributed by atoms with van der Waals surface area (Å²) in [4.78, 5) is 57.0. The molecule has 14 nitrogen and oxygen atoms in total. The van der Waals surface area contributed by atoms with Gasteiger partial charge in [0.1, 0.15) is 6.10 Å². The van der Waals surface area contributed by atoms with Crippen LogP contribution in [0, 0.1) is 6.92 Å². The highest BCUT2D eigenvalue weighted by atomic mass is 31.3. The number of ether oxygens (including phenoxy) is 2. The van der Waals surface area contributed by atoms with Gasteiger partial charge in [0.15, 0.2) is 6.23 Å². The van der Waals surface area contributed by atoms with Gasteiger partial charge in [0, 0.05) is 31.9 Å². The maximum absolute atomic E-state index is 12.1. The number of phosphoric acid groups is 2. The number of phosphoric ester groups is 2. The number of carbonyl (C=O) groups excluding carboxylic acids is 1. The van der Waals surface area contributed by atoms with E-state index in [0.29, 0.717) is 6.42 Å². The lowest BCUT2D eigenvalue weighted by atomic mass is 10.1. The first-order valence-electron chi connectivity index (χ1n) is 12.8. The first kappa shape index (κ1) is 33.3. The molecule has 3 N–H and O–H groups in total. The van der Waals surface area contributed by atoms with Gasteiger partial charge in [-0.1, -0.05) is 51.0 Å². The van der Waals surface area contributed by atoms with Gasteiger partial charge in [-0.25, -0.2) is 13.9 Å². The SMILES string of the molecule is COCCCCCCCCCCCC(=O)OP(=O)(O)OP(=O)(O)OC[C@@H]1C=C[C@H](n2cc(C)c(=O)[nH]c2=O)O1. The Bertz CT molecular complexity index is 1160. The van der Waals surface area contributed by atoms with Crippen molar-refractivity contribution in [3.8, 4) is 0 Å². The average molecular weight is 597 g/mol. The molecule has 0 aromatic carbocycles. The number of nitrogens with zero attached hydrogens (tertiary/aromatic N) is 1. The van der Waals surface area contributed by atoms with Gasteiger partial charge in [0.05, 0.1) is 6.61 Å². The third-order valence-electron chi connectivity index (χ3n) is 5.78. The topological polar surface area (TPSA) is 193 Å². The van der Waals surface area contributed by atoms with Crippen molar-refractivity contribution in [1.82, 2.24) is 9.55 Å². The van der Waals surface area contributed by atoms with E-state index in [4.69, 9.17) is 14.0 Å². The second-order valence-electron chi connectivity index (χ2n) is 9.13. The zero-order valence-electron chi connectivity index (χ0n) is 22.2. The number of methoxy groups -OCH3 is 1. The summed E-state index contributed by atoms with van der Waals surface area (Å²) < 4.78 is 49.0. The summed E-state index contributed by atoms with van der Waals surface area (Å²) in [5.74, 6) is -1.04. The standard InChI is InChI=1S/C23H38N2O12P2/c1-18-16-25(23(28)24-22(18)27)20-14-13-19(35-20)17-34-38(29,30)37-39(31,32)36-21(26)12-10-8-6-4-3-5-7-9-11-15-33-2/h13-14,16,19-20H,3-12,15,17H2,1-2H3,(H,29,30)(H,31,32)(H,24,27,28)/t19-,20+/m0/s1. The van der Waals surface area contributed by atoms with Crippen molar-refractivity contribution in [2.45, 2.75) is 83.5 Å². The summed E-state index contributed by atoms with van der Waals surface area (Å²) in [6, 6.07) is 0. The number of aromatic amines is 1. The fourth-order valence-electron chi connectivity index (χ4n) is 3.78. The Hall–Kier alpha value is -1.89. The van der Waals surface area contributed by atoms with Crippen LogP contribution in [0.3, 0.4) is 0 Å².